The van der Waals surface area contributed by atoms with Crippen LogP contribution in [-0.4, -0.2) is 39.5 Å². The van der Waals surface area contributed by atoms with E-state index in [4.69, 9.17) is 0 Å². The van der Waals surface area contributed by atoms with E-state index in [0.717, 1.165) is 36.0 Å². The number of hydrogen-bond donors (Lipinski definition) is 1. The summed E-state index contributed by atoms with van der Waals surface area (Å²) < 4.78 is 29.2. The Balaban J connectivity index is 2.20. The van der Waals surface area contributed by atoms with Crippen molar-refractivity contribution in [3.05, 3.63) is 26.6 Å². The molecule has 1 aliphatic heterocycles. The fourth-order valence-corrected chi connectivity index (χ4v) is 5.23. The van der Waals surface area contributed by atoms with Gasteiger partial charge in [0.05, 0.1) is 4.90 Å². The van der Waals surface area contributed by atoms with Gasteiger partial charge in [-0.05, 0) is 73.5 Å². The monoisotopic (exact) mass is 424 g/mol. The van der Waals surface area contributed by atoms with Gasteiger partial charge in [-0.15, -0.1) is 0 Å². The number of piperidine rings is 1. The Morgan fingerprint density at radius 3 is 2.40 bits per heavy atom. The van der Waals surface area contributed by atoms with Crippen molar-refractivity contribution in [3.63, 3.8) is 0 Å². The van der Waals surface area contributed by atoms with Crippen LogP contribution in [0, 0.1) is 6.92 Å². The lowest BCUT2D eigenvalue weighted by atomic mass is 10.1. The summed E-state index contributed by atoms with van der Waals surface area (Å²) in [5, 5.41) is 0. The standard InChI is InChI=1S/C13H18Br2N2O2S/c1-9-7-12(15)13(8-11(9)14)20(18,19)16-10-3-5-17(2)6-4-10/h7-8,10,16H,3-6H2,1-2H3. The molecule has 1 saturated heterocycles. The molecule has 20 heavy (non-hydrogen) atoms. The van der Waals surface area contributed by atoms with Gasteiger partial charge in [-0.2, -0.15) is 0 Å². The highest BCUT2D eigenvalue weighted by molar-refractivity contribution is 9.11. The molecule has 0 spiro atoms. The van der Waals surface area contributed by atoms with E-state index in [2.05, 4.69) is 48.5 Å². The highest BCUT2D eigenvalue weighted by atomic mass is 79.9. The molecule has 2 rings (SSSR count). The third kappa shape index (κ3) is 3.82. The molecule has 4 nitrogen and oxygen atoms in total. The minimum atomic E-state index is -3.49. The van der Waals surface area contributed by atoms with Crippen molar-refractivity contribution in [2.75, 3.05) is 20.1 Å². The average Bonchev–Trinajstić information content (AvgIpc) is 2.36. The second-order valence-corrected chi connectivity index (χ2v) is 8.62. The topological polar surface area (TPSA) is 49.4 Å². The first-order valence-electron chi connectivity index (χ1n) is 6.46. The Morgan fingerprint density at radius 1 is 1.20 bits per heavy atom. The van der Waals surface area contributed by atoms with Crippen molar-refractivity contribution >= 4 is 41.9 Å². The fraction of sp³-hybridized carbons (Fsp3) is 0.538. The second-order valence-electron chi connectivity index (χ2n) is 5.23. The van der Waals surface area contributed by atoms with Crippen LogP contribution in [0.5, 0.6) is 0 Å². The first-order chi connectivity index (χ1) is 9.29. The first kappa shape index (κ1) is 16.4. The van der Waals surface area contributed by atoms with Gasteiger partial charge in [0.15, 0.2) is 0 Å². The molecule has 7 heteroatoms. The van der Waals surface area contributed by atoms with Crippen LogP contribution in [0.3, 0.4) is 0 Å². The molecule has 0 radical (unpaired) electrons. The Morgan fingerprint density at radius 2 is 1.80 bits per heavy atom. The summed E-state index contributed by atoms with van der Waals surface area (Å²) in [6, 6.07) is 3.48. The summed E-state index contributed by atoms with van der Waals surface area (Å²) in [7, 11) is -1.44. The number of nitrogens with one attached hydrogen (secondary N) is 1. The van der Waals surface area contributed by atoms with E-state index in [9.17, 15) is 8.42 Å². The van der Waals surface area contributed by atoms with Crippen LogP contribution in [0.25, 0.3) is 0 Å². The van der Waals surface area contributed by atoms with E-state index in [0.29, 0.717) is 4.47 Å². The number of sulfonamides is 1. The molecule has 0 atom stereocenters. The SMILES string of the molecule is Cc1cc(Br)c(S(=O)(=O)NC2CCN(C)CC2)cc1Br. The largest absolute Gasteiger partial charge is 0.306 e. The van der Waals surface area contributed by atoms with Gasteiger partial charge in [-0.3, -0.25) is 0 Å². The lowest BCUT2D eigenvalue weighted by molar-refractivity contribution is 0.248. The normalized spacial score (nSPS) is 18.4. The number of aryl methyl sites for hydroxylation is 1. The maximum atomic E-state index is 12.5. The molecular formula is C13H18Br2N2O2S. The van der Waals surface area contributed by atoms with Crippen molar-refractivity contribution in [2.24, 2.45) is 0 Å². The third-order valence-corrected chi connectivity index (χ3v) is 6.88. The van der Waals surface area contributed by atoms with Crippen molar-refractivity contribution in [2.45, 2.75) is 30.7 Å². The number of hydrogen-bond acceptors (Lipinski definition) is 3. The molecule has 112 valence electrons. The summed E-state index contributed by atoms with van der Waals surface area (Å²) in [5.74, 6) is 0. The van der Waals surface area contributed by atoms with Crippen LogP contribution < -0.4 is 4.72 Å². The molecule has 1 heterocycles. The van der Waals surface area contributed by atoms with Gasteiger partial charge in [0.25, 0.3) is 0 Å². The van der Waals surface area contributed by atoms with Crippen molar-refractivity contribution in [1.82, 2.24) is 9.62 Å². The van der Waals surface area contributed by atoms with E-state index >= 15 is 0 Å². The van der Waals surface area contributed by atoms with E-state index < -0.39 is 10.0 Å². The summed E-state index contributed by atoms with van der Waals surface area (Å²) >= 11 is 6.73. The molecule has 1 N–H and O–H groups in total. The molecule has 0 bridgehead atoms. The van der Waals surface area contributed by atoms with Gasteiger partial charge < -0.3 is 4.90 Å². The highest BCUT2D eigenvalue weighted by Crippen LogP contribution is 2.29. The maximum absolute atomic E-state index is 12.5. The zero-order chi connectivity index (χ0) is 14.9. The molecule has 0 amide bonds. The van der Waals surface area contributed by atoms with Crippen LogP contribution in [0.4, 0.5) is 0 Å². The van der Waals surface area contributed by atoms with Crippen LogP contribution in [0.15, 0.2) is 26.0 Å². The molecule has 0 saturated carbocycles. The maximum Gasteiger partial charge on any atom is 0.241 e. The Kier molecular flexibility index (Phi) is 5.29. The van der Waals surface area contributed by atoms with Crippen LogP contribution in [0.2, 0.25) is 0 Å². The second kappa shape index (κ2) is 6.44. The van der Waals surface area contributed by atoms with Gasteiger partial charge in [0.1, 0.15) is 0 Å². The quantitative estimate of drug-likeness (QED) is 0.809. The smallest absolute Gasteiger partial charge is 0.241 e. The van der Waals surface area contributed by atoms with Crippen LogP contribution >= 0.6 is 31.9 Å². The molecule has 1 aliphatic rings. The lowest BCUT2D eigenvalue weighted by Gasteiger charge is -2.29. The predicted molar refractivity (Wildman–Crippen MR) is 87.4 cm³/mol. The van der Waals surface area contributed by atoms with Crippen LogP contribution in [0.1, 0.15) is 18.4 Å². The zero-order valence-corrected chi connectivity index (χ0v) is 15.5. The summed E-state index contributed by atoms with van der Waals surface area (Å²) in [5.41, 5.74) is 0.995. The summed E-state index contributed by atoms with van der Waals surface area (Å²) in [6.07, 6.45) is 1.70. The van der Waals surface area contributed by atoms with Gasteiger partial charge in [0, 0.05) is 15.0 Å². The molecule has 1 aromatic rings. The number of benzene rings is 1. The Labute approximate surface area is 137 Å². The van der Waals surface area contributed by atoms with Crippen molar-refractivity contribution < 1.29 is 8.42 Å². The van der Waals surface area contributed by atoms with E-state index in [1.807, 2.05) is 13.0 Å². The van der Waals surface area contributed by atoms with E-state index in [1.54, 1.807) is 6.07 Å². The molecule has 0 aromatic heterocycles. The predicted octanol–water partition coefficient (Wildman–Crippen LogP) is 2.89. The van der Waals surface area contributed by atoms with Gasteiger partial charge in [0.2, 0.25) is 10.0 Å². The first-order valence-corrected chi connectivity index (χ1v) is 9.53. The zero-order valence-electron chi connectivity index (χ0n) is 11.5. The lowest BCUT2D eigenvalue weighted by Crippen LogP contribution is -2.43. The third-order valence-electron chi connectivity index (χ3n) is 3.54. The van der Waals surface area contributed by atoms with Gasteiger partial charge in [-0.1, -0.05) is 15.9 Å². The van der Waals surface area contributed by atoms with Gasteiger partial charge >= 0.3 is 0 Å². The summed E-state index contributed by atoms with van der Waals surface area (Å²) in [4.78, 5) is 2.50. The minimum Gasteiger partial charge on any atom is -0.306 e. The molecule has 0 aliphatic carbocycles. The van der Waals surface area contributed by atoms with E-state index in [1.165, 1.54) is 0 Å². The van der Waals surface area contributed by atoms with Crippen molar-refractivity contribution in [1.29, 1.82) is 0 Å². The molecular weight excluding hydrogens is 408 g/mol. The number of rotatable bonds is 3. The van der Waals surface area contributed by atoms with Crippen LogP contribution in [-0.2, 0) is 10.0 Å². The fourth-order valence-electron chi connectivity index (χ4n) is 2.24. The Bertz CT molecular complexity index is 597. The van der Waals surface area contributed by atoms with Crippen molar-refractivity contribution in [3.8, 4) is 0 Å². The number of nitrogens with zero attached hydrogens (tertiary/aromatic N) is 1. The number of halogens is 2. The molecule has 1 fully saturated rings. The number of likely N-dealkylation sites (tertiary alicyclic amines) is 1. The van der Waals surface area contributed by atoms with E-state index in [-0.39, 0.29) is 10.9 Å². The Hall–Kier alpha value is 0.0500. The average molecular weight is 426 g/mol. The summed E-state index contributed by atoms with van der Waals surface area (Å²) in [6.45, 7) is 3.77. The highest BCUT2D eigenvalue weighted by Gasteiger charge is 2.25. The van der Waals surface area contributed by atoms with Gasteiger partial charge in [-0.25, -0.2) is 13.1 Å². The minimum absolute atomic E-state index is 0.0168. The molecule has 1 aromatic carbocycles. The molecule has 0 unspecified atom stereocenters.